The number of para-hydroxylation sites is 2. The van der Waals surface area contributed by atoms with Crippen LogP contribution >= 0.6 is 0 Å². The van der Waals surface area contributed by atoms with Gasteiger partial charge in [-0.15, -0.1) is 9.36 Å². The Balaban J connectivity index is 1.41. The molecule has 0 saturated carbocycles. The molecule has 4 aromatic rings. The molecule has 2 aromatic carbocycles. The fourth-order valence-corrected chi connectivity index (χ4v) is 3.93. The van der Waals surface area contributed by atoms with E-state index in [9.17, 15) is 0 Å². The monoisotopic (exact) mass is 388 g/mol. The summed E-state index contributed by atoms with van der Waals surface area (Å²) in [5.41, 5.74) is 7.43. The highest BCUT2D eigenvalue weighted by molar-refractivity contribution is 5.40. The topological polar surface area (TPSA) is 43.4 Å². The van der Waals surface area contributed by atoms with Crippen LogP contribution in [-0.2, 0) is 13.1 Å². The number of nitrogens with zero attached hydrogens (tertiary/aromatic N) is 6. The number of benzene rings is 2. The molecule has 29 heavy (non-hydrogen) atoms. The van der Waals surface area contributed by atoms with Crippen molar-refractivity contribution in [2.45, 2.75) is 47.2 Å². The van der Waals surface area contributed by atoms with Gasteiger partial charge in [-0.2, -0.15) is 0 Å². The van der Waals surface area contributed by atoms with E-state index in [2.05, 4.69) is 96.1 Å². The fraction of sp³-hybridized carbons (Fsp3) is 0.304. The second-order valence-electron chi connectivity index (χ2n) is 7.67. The first-order chi connectivity index (χ1) is 14.0. The van der Waals surface area contributed by atoms with Crippen LogP contribution in [0, 0.1) is 27.7 Å². The van der Waals surface area contributed by atoms with Crippen LogP contribution in [0.5, 0.6) is 0 Å². The highest BCUT2D eigenvalue weighted by Gasteiger charge is 2.15. The van der Waals surface area contributed by atoms with Gasteiger partial charge in [0, 0.05) is 16.6 Å². The Bertz CT molecular complexity index is 1010. The Hall–Kier alpha value is -3.28. The lowest BCUT2D eigenvalue weighted by atomic mass is 10.1. The molecule has 0 N–H and O–H groups in total. The molecule has 0 spiro atoms. The summed E-state index contributed by atoms with van der Waals surface area (Å²) in [4.78, 5) is 0. The molecule has 6 nitrogen and oxygen atoms in total. The Labute approximate surface area is 171 Å². The lowest BCUT2D eigenvalue weighted by Gasteiger charge is -2.04. The van der Waals surface area contributed by atoms with E-state index in [0.29, 0.717) is 0 Å². The maximum absolute atomic E-state index is 4.53. The van der Waals surface area contributed by atoms with Gasteiger partial charge in [-0.1, -0.05) is 36.4 Å². The maximum atomic E-state index is 4.53. The van der Waals surface area contributed by atoms with Crippen LogP contribution in [0.1, 0.15) is 28.7 Å². The minimum atomic E-state index is 0.848. The van der Waals surface area contributed by atoms with E-state index in [1.54, 1.807) is 0 Å². The standard InChI is InChI=1S/C23H28N6/c1-18-8-5-9-19(2)22(18)26-14-24-28(16-26)12-7-13-29-17-27(15-25-29)23-20(3)10-6-11-21(23)4/h5-6,8-11,14-17H,7,12-13H2,1-4H3/q+2. The van der Waals surface area contributed by atoms with E-state index in [4.69, 9.17) is 0 Å². The predicted molar refractivity (Wildman–Crippen MR) is 111 cm³/mol. The van der Waals surface area contributed by atoms with Crippen LogP contribution in [0.3, 0.4) is 0 Å². The molecule has 0 radical (unpaired) electrons. The Morgan fingerprint density at radius 3 is 1.41 bits per heavy atom. The van der Waals surface area contributed by atoms with Gasteiger partial charge in [-0.3, -0.25) is 0 Å². The van der Waals surface area contributed by atoms with Crippen LogP contribution in [-0.4, -0.2) is 19.6 Å². The van der Waals surface area contributed by atoms with Crippen molar-refractivity contribution in [3.8, 4) is 11.4 Å². The lowest BCUT2D eigenvalue weighted by molar-refractivity contribution is -0.597. The first-order valence-corrected chi connectivity index (χ1v) is 10.0. The Kier molecular flexibility index (Phi) is 5.25. The quantitative estimate of drug-likeness (QED) is 0.477. The van der Waals surface area contributed by atoms with Crippen molar-refractivity contribution < 1.29 is 9.13 Å². The zero-order chi connectivity index (χ0) is 20.4. The van der Waals surface area contributed by atoms with Gasteiger partial charge in [0.1, 0.15) is 24.5 Å². The van der Waals surface area contributed by atoms with Gasteiger partial charge in [-0.05, 0) is 49.9 Å². The van der Waals surface area contributed by atoms with Gasteiger partial charge >= 0.3 is 0 Å². The lowest BCUT2D eigenvalue weighted by Crippen LogP contribution is -2.30. The van der Waals surface area contributed by atoms with Crippen LogP contribution in [0.2, 0.25) is 0 Å². The third-order valence-electron chi connectivity index (χ3n) is 5.33. The fourth-order valence-electron chi connectivity index (χ4n) is 3.93. The number of hydrogen-bond acceptors (Lipinski definition) is 2. The smallest absolute Gasteiger partial charge is 0.203 e. The number of aromatic nitrogens is 6. The molecule has 148 valence electrons. The van der Waals surface area contributed by atoms with E-state index in [-0.39, 0.29) is 0 Å². The Morgan fingerprint density at radius 1 is 0.655 bits per heavy atom. The van der Waals surface area contributed by atoms with E-state index >= 15 is 0 Å². The summed E-state index contributed by atoms with van der Waals surface area (Å²) in [6.45, 7) is 10.2. The van der Waals surface area contributed by atoms with Crippen molar-refractivity contribution >= 4 is 0 Å². The second-order valence-corrected chi connectivity index (χ2v) is 7.67. The predicted octanol–water partition coefficient (Wildman–Crippen LogP) is 2.96. The minimum absolute atomic E-state index is 0.848. The minimum Gasteiger partial charge on any atom is -0.203 e. The normalized spacial score (nSPS) is 11.2. The molecule has 0 amide bonds. The molecule has 0 atom stereocenters. The number of rotatable bonds is 6. The first kappa shape index (κ1) is 19.1. The highest BCUT2D eigenvalue weighted by Crippen LogP contribution is 2.13. The molecular weight excluding hydrogens is 360 g/mol. The van der Waals surface area contributed by atoms with Crippen molar-refractivity contribution in [1.29, 1.82) is 0 Å². The van der Waals surface area contributed by atoms with Gasteiger partial charge < -0.3 is 0 Å². The Morgan fingerprint density at radius 2 is 1.03 bits per heavy atom. The van der Waals surface area contributed by atoms with Crippen LogP contribution in [0.15, 0.2) is 61.7 Å². The van der Waals surface area contributed by atoms with Crippen molar-refractivity contribution in [1.82, 2.24) is 19.6 Å². The van der Waals surface area contributed by atoms with E-state index in [1.165, 1.54) is 33.6 Å². The van der Waals surface area contributed by atoms with E-state index in [1.807, 2.05) is 22.0 Å². The van der Waals surface area contributed by atoms with Crippen LogP contribution < -0.4 is 9.13 Å². The molecule has 0 aliphatic rings. The summed E-state index contributed by atoms with van der Waals surface area (Å²) in [6, 6.07) is 12.7. The summed E-state index contributed by atoms with van der Waals surface area (Å²) >= 11 is 0. The molecule has 2 aromatic heterocycles. The third-order valence-corrected chi connectivity index (χ3v) is 5.33. The van der Waals surface area contributed by atoms with Gasteiger partial charge in [0.2, 0.25) is 12.7 Å². The largest absolute Gasteiger partial charge is 0.270 e. The SMILES string of the molecule is Cc1cccc(C)c1-[n+]1cnn(CCCn2c[n+](-c3c(C)cccc3C)cn2)c1. The summed E-state index contributed by atoms with van der Waals surface area (Å²) in [5, 5.41) is 9.05. The van der Waals surface area contributed by atoms with Gasteiger partial charge in [0.15, 0.2) is 0 Å². The molecule has 0 fully saturated rings. The average molecular weight is 389 g/mol. The summed E-state index contributed by atoms with van der Waals surface area (Å²) in [6.07, 6.45) is 8.86. The number of aryl methyl sites for hydroxylation is 6. The van der Waals surface area contributed by atoms with Crippen molar-refractivity contribution in [3.05, 3.63) is 84.0 Å². The van der Waals surface area contributed by atoms with Crippen molar-refractivity contribution in [3.63, 3.8) is 0 Å². The molecule has 0 aliphatic carbocycles. The van der Waals surface area contributed by atoms with Gasteiger partial charge in [0.05, 0.1) is 0 Å². The van der Waals surface area contributed by atoms with E-state index in [0.717, 1.165) is 19.5 Å². The highest BCUT2D eigenvalue weighted by atomic mass is 15.4. The van der Waals surface area contributed by atoms with Crippen molar-refractivity contribution in [2.24, 2.45) is 0 Å². The molecule has 0 saturated heterocycles. The van der Waals surface area contributed by atoms with Crippen molar-refractivity contribution in [2.75, 3.05) is 0 Å². The number of hydrogen-bond donors (Lipinski definition) is 0. The second kappa shape index (κ2) is 7.99. The molecule has 0 aliphatic heterocycles. The van der Waals surface area contributed by atoms with Crippen LogP contribution in [0.25, 0.3) is 11.4 Å². The molecule has 2 heterocycles. The molecule has 0 bridgehead atoms. The first-order valence-electron chi connectivity index (χ1n) is 10.0. The molecule has 6 heteroatoms. The van der Waals surface area contributed by atoms with E-state index < -0.39 is 0 Å². The van der Waals surface area contributed by atoms with Gasteiger partial charge in [-0.25, -0.2) is 9.13 Å². The third kappa shape index (κ3) is 3.97. The summed E-state index contributed by atoms with van der Waals surface area (Å²) in [5.74, 6) is 0. The van der Waals surface area contributed by atoms with Gasteiger partial charge in [0.25, 0.3) is 12.7 Å². The molecular formula is C23H28N6+2. The summed E-state index contributed by atoms with van der Waals surface area (Å²) in [7, 11) is 0. The van der Waals surface area contributed by atoms with Crippen LogP contribution in [0.4, 0.5) is 0 Å². The maximum Gasteiger partial charge on any atom is 0.270 e. The zero-order valence-corrected chi connectivity index (χ0v) is 17.6. The molecule has 0 unspecified atom stereocenters. The average Bonchev–Trinajstić information content (AvgIpc) is 3.32. The summed E-state index contributed by atoms with van der Waals surface area (Å²) < 4.78 is 8.20. The molecule has 4 rings (SSSR count). The zero-order valence-electron chi connectivity index (χ0n) is 17.6.